The van der Waals surface area contributed by atoms with Crippen molar-refractivity contribution in [2.24, 2.45) is 0 Å². The van der Waals surface area contributed by atoms with Gasteiger partial charge in [-0.05, 0) is 145 Å². The second-order valence-corrected chi connectivity index (χ2v) is 18.8. The van der Waals surface area contributed by atoms with Crippen molar-refractivity contribution in [3.05, 3.63) is 291 Å². The van der Waals surface area contributed by atoms with Gasteiger partial charge in [-0.2, -0.15) is 0 Å². The van der Waals surface area contributed by atoms with E-state index >= 15 is 0 Å². The lowest BCUT2D eigenvalue weighted by molar-refractivity contribution is 0.854. The Morgan fingerprint density at radius 1 is 0.347 bits per heavy atom. The van der Waals surface area contributed by atoms with Crippen LogP contribution in [0, 0.1) is 0 Å². The Labute approximate surface area is 421 Å². The van der Waals surface area contributed by atoms with Gasteiger partial charge in [0.15, 0.2) is 0 Å². The molecule has 11 aromatic carbocycles. The van der Waals surface area contributed by atoms with Crippen LogP contribution in [0.25, 0.3) is 93.9 Å². The van der Waals surface area contributed by atoms with Gasteiger partial charge in [-0.3, -0.25) is 0 Å². The first-order valence-corrected chi connectivity index (χ1v) is 25.0. The smallest absolute Gasteiger partial charge is 0.0547 e. The fraction of sp³-hybridized carbons (Fsp3) is 0.0286. The monoisotopic (exact) mass is 918 g/mol. The predicted octanol–water partition coefficient (Wildman–Crippen LogP) is 19.3. The number of fused-ring (bicyclic) bond motifs is 5. The molecule has 0 N–H and O–H groups in total. The normalized spacial score (nSPS) is 13.2. The highest BCUT2D eigenvalue weighted by Gasteiger charge is 2.21. The maximum Gasteiger partial charge on any atom is 0.0547 e. The van der Waals surface area contributed by atoms with Crippen LogP contribution < -0.4 is 4.90 Å². The van der Waals surface area contributed by atoms with E-state index in [0.717, 1.165) is 34.7 Å². The highest BCUT2D eigenvalue weighted by Crippen LogP contribution is 2.45. The molecule has 340 valence electrons. The fourth-order valence-electron chi connectivity index (χ4n) is 11.0. The molecule has 0 amide bonds. The van der Waals surface area contributed by atoms with E-state index in [1.165, 1.54) is 88.2 Å². The van der Waals surface area contributed by atoms with Crippen LogP contribution in [-0.2, 0) is 0 Å². The van der Waals surface area contributed by atoms with E-state index < -0.39 is 0 Å². The summed E-state index contributed by atoms with van der Waals surface area (Å²) in [6.07, 6.45) is 9.94. The largest absolute Gasteiger partial charge is 0.310 e. The highest BCUT2D eigenvalue weighted by molar-refractivity contribution is 6.25. The van der Waals surface area contributed by atoms with Crippen molar-refractivity contribution in [3.63, 3.8) is 0 Å². The third kappa shape index (κ3) is 7.90. The molecule has 0 bridgehead atoms. The molecular weight excluding hydrogens is 869 g/mol. The SMILES string of the molecule is C1=CCC(c2cc(-c3ccccc3)cc(-c3ccc(N(c4ccc(-c5ccccc5-c5ccccc5)cc4)c4cccc(-c5cccc6c5c5c7ccccc7ccc5n6-c5ccccc5)c4)cc3)c2)C=C1. The Kier molecular flexibility index (Phi) is 11.1. The molecular formula is C70H50N2. The van der Waals surface area contributed by atoms with E-state index in [2.05, 4.69) is 295 Å². The van der Waals surface area contributed by atoms with E-state index in [1.54, 1.807) is 0 Å². The van der Waals surface area contributed by atoms with Crippen LogP contribution in [0.5, 0.6) is 0 Å². The van der Waals surface area contributed by atoms with E-state index in [0.29, 0.717) is 5.92 Å². The molecule has 0 saturated carbocycles. The average Bonchev–Trinajstić information content (AvgIpc) is 3.82. The summed E-state index contributed by atoms with van der Waals surface area (Å²) in [7, 11) is 0. The van der Waals surface area contributed by atoms with Gasteiger partial charge in [0.05, 0.1) is 11.0 Å². The van der Waals surface area contributed by atoms with Crippen molar-refractivity contribution in [2.45, 2.75) is 12.3 Å². The van der Waals surface area contributed by atoms with Crippen LogP contribution in [-0.4, -0.2) is 4.57 Å². The first-order valence-electron chi connectivity index (χ1n) is 25.0. The topological polar surface area (TPSA) is 8.17 Å². The van der Waals surface area contributed by atoms with Gasteiger partial charge in [0.1, 0.15) is 0 Å². The summed E-state index contributed by atoms with van der Waals surface area (Å²) in [5.74, 6) is 0.335. The van der Waals surface area contributed by atoms with Crippen LogP contribution in [0.2, 0.25) is 0 Å². The molecule has 2 heteroatoms. The first-order chi connectivity index (χ1) is 35.7. The summed E-state index contributed by atoms with van der Waals surface area (Å²) in [4.78, 5) is 2.41. The Hall–Kier alpha value is -9.24. The van der Waals surface area contributed by atoms with Gasteiger partial charge in [-0.25, -0.2) is 0 Å². The van der Waals surface area contributed by atoms with Gasteiger partial charge in [0.2, 0.25) is 0 Å². The zero-order valence-electron chi connectivity index (χ0n) is 39.8. The van der Waals surface area contributed by atoms with Crippen molar-refractivity contribution in [1.29, 1.82) is 0 Å². The number of aromatic nitrogens is 1. The molecule has 1 aliphatic rings. The average molecular weight is 919 g/mol. The molecule has 72 heavy (non-hydrogen) atoms. The number of benzene rings is 11. The predicted molar refractivity (Wildman–Crippen MR) is 306 cm³/mol. The van der Waals surface area contributed by atoms with Gasteiger partial charge in [-0.1, -0.05) is 218 Å². The first kappa shape index (κ1) is 42.8. The molecule has 0 radical (unpaired) electrons. The molecule has 1 unspecified atom stereocenters. The molecule has 0 spiro atoms. The standard InChI is InChI=1S/C70H50N2/c1-5-19-49(20-6-1)56-45-57(50-21-7-2-8-22-50)47-58(46-56)51-35-40-60(41-36-51)71(61-42-37-54(38-43-61)64-31-16-15-30-63(64)52-23-9-3-10-24-52)62-29-17-26-55(48-62)66-33-18-34-67-70(66)69-65-32-14-13-25-53(65)39-44-68(69)72(67)59-27-11-4-12-28-59/h1-21,23-48,50H,22H2. The van der Waals surface area contributed by atoms with Gasteiger partial charge in [0.25, 0.3) is 0 Å². The second-order valence-electron chi connectivity index (χ2n) is 18.8. The number of allylic oxidation sites excluding steroid dienone is 4. The molecule has 0 aliphatic heterocycles. The van der Waals surface area contributed by atoms with E-state index in [-0.39, 0.29) is 0 Å². The Balaban J connectivity index is 0.960. The summed E-state index contributed by atoms with van der Waals surface area (Å²) in [5, 5.41) is 5.00. The van der Waals surface area contributed by atoms with Crippen LogP contribution in [0.4, 0.5) is 17.1 Å². The summed E-state index contributed by atoms with van der Waals surface area (Å²) < 4.78 is 2.43. The lowest BCUT2D eigenvalue weighted by Crippen LogP contribution is -2.10. The molecule has 13 rings (SSSR count). The number of hydrogen-bond donors (Lipinski definition) is 0. The maximum atomic E-state index is 2.43. The van der Waals surface area contributed by atoms with Crippen molar-refractivity contribution >= 4 is 49.6 Å². The molecule has 0 fully saturated rings. The summed E-state index contributed by atoms with van der Waals surface area (Å²) in [6, 6.07) is 95.6. The van der Waals surface area contributed by atoms with E-state index in [1.807, 2.05) is 0 Å². The third-order valence-corrected chi connectivity index (χ3v) is 14.5. The number of rotatable bonds is 10. The Morgan fingerprint density at radius 2 is 0.903 bits per heavy atom. The van der Waals surface area contributed by atoms with Crippen molar-refractivity contribution in [1.82, 2.24) is 4.57 Å². The van der Waals surface area contributed by atoms with Gasteiger partial charge in [-0.15, -0.1) is 0 Å². The Bertz CT molecular complexity index is 3980. The molecule has 0 saturated heterocycles. The molecule has 1 aromatic heterocycles. The highest BCUT2D eigenvalue weighted by atomic mass is 15.1. The fourth-order valence-corrected chi connectivity index (χ4v) is 11.0. The second kappa shape index (κ2) is 18.6. The van der Waals surface area contributed by atoms with Crippen molar-refractivity contribution in [3.8, 4) is 61.3 Å². The molecule has 1 atom stereocenters. The van der Waals surface area contributed by atoms with E-state index in [4.69, 9.17) is 0 Å². The minimum Gasteiger partial charge on any atom is -0.310 e. The van der Waals surface area contributed by atoms with Gasteiger partial charge < -0.3 is 9.47 Å². The summed E-state index contributed by atoms with van der Waals surface area (Å²) in [5.41, 5.74) is 20.1. The minimum absolute atomic E-state index is 0.335. The number of nitrogens with zero attached hydrogens (tertiary/aromatic N) is 2. The van der Waals surface area contributed by atoms with Crippen molar-refractivity contribution in [2.75, 3.05) is 4.90 Å². The molecule has 1 aliphatic carbocycles. The molecule has 1 heterocycles. The zero-order valence-corrected chi connectivity index (χ0v) is 39.8. The van der Waals surface area contributed by atoms with Crippen LogP contribution in [0.1, 0.15) is 17.9 Å². The summed E-state index contributed by atoms with van der Waals surface area (Å²) >= 11 is 0. The number of para-hydroxylation sites is 1. The lowest BCUT2D eigenvalue weighted by atomic mass is 9.87. The van der Waals surface area contributed by atoms with Crippen LogP contribution in [0.3, 0.4) is 0 Å². The lowest BCUT2D eigenvalue weighted by Gasteiger charge is -2.27. The Morgan fingerprint density at radius 3 is 1.60 bits per heavy atom. The summed E-state index contributed by atoms with van der Waals surface area (Å²) in [6.45, 7) is 0. The van der Waals surface area contributed by atoms with Crippen LogP contribution >= 0.6 is 0 Å². The quantitative estimate of drug-likeness (QED) is 0.133. The third-order valence-electron chi connectivity index (χ3n) is 14.5. The molecule has 2 nitrogen and oxygen atoms in total. The molecule has 12 aromatic rings. The maximum absolute atomic E-state index is 2.43. The van der Waals surface area contributed by atoms with Crippen LogP contribution in [0.15, 0.2) is 285 Å². The number of hydrogen-bond acceptors (Lipinski definition) is 1. The zero-order chi connectivity index (χ0) is 47.8. The number of anilines is 3. The van der Waals surface area contributed by atoms with Crippen molar-refractivity contribution < 1.29 is 0 Å². The van der Waals surface area contributed by atoms with Gasteiger partial charge >= 0.3 is 0 Å². The van der Waals surface area contributed by atoms with E-state index in [9.17, 15) is 0 Å². The minimum atomic E-state index is 0.335. The van der Waals surface area contributed by atoms with Gasteiger partial charge in [0, 0.05) is 39.4 Å².